The lowest BCUT2D eigenvalue weighted by Gasteiger charge is -2.09. The number of nitrogens with two attached hydrogens (primary N) is 1. The van der Waals surface area contributed by atoms with Crippen LogP contribution in [0.2, 0.25) is 0 Å². The first-order chi connectivity index (χ1) is 30.3. The Kier molecular flexibility index (Phi) is 12.6. The highest BCUT2D eigenvalue weighted by Crippen LogP contribution is 2.22. The zero-order valence-electron chi connectivity index (χ0n) is 34.5. The number of fused-ring (bicyclic) bond motifs is 1. The minimum absolute atomic E-state index is 0.0100. The number of hydrogen-bond acceptors (Lipinski definition) is 9. The summed E-state index contributed by atoms with van der Waals surface area (Å²) >= 11 is 0. The molecule has 3 N–H and O–H groups in total. The van der Waals surface area contributed by atoms with Crippen LogP contribution >= 0.6 is 0 Å². The van der Waals surface area contributed by atoms with E-state index in [1.165, 1.54) is 6.92 Å². The van der Waals surface area contributed by atoms with Gasteiger partial charge in [-0.05, 0) is 65.4 Å². The molecule has 0 aliphatic carbocycles. The molecule has 63 heavy (non-hydrogen) atoms. The average Bonchev–Trinajstić information content (AvgIpc) is 3.29. The molecule has 0 saturated carbocycles. The number of carbonyl (C=O) groups excluding carboxylic acids is 6. The molecule has 0 atom stereocenters. The summed E-state index contributed by atoms with van der Waals surface area (Å²) in [4.78, 5) is 96.9. The summed E-state index contributed by atoms with van der Waals surface area (Å²) in [5.74, 6) is -1.23. The molecule has 0 bridgehead atoms. The van der Waals surface area contributed by atoms with Gasteiger partial charge in [-0.25, -0.2) is 4.98 Å². The van der Waals surface area contributed by atoms with Gasteiger partial charge in [0.2, 0.25) is 5.91 Å². The molecule has 11 heteroatoms. The number of aromatic nitrogens is 2. The summed E-state index contributed by atoms with van der Waals surface area (Å²) in [7, 11) is 0. The number of aromatic amines is 1. The number of nitrogens with zero attached hydrogens (tertiary/aromatic N) is 2. The van der Waals surface area contributed by atoms with E-state index >= 15 is 0 Å². The number of carbonyl (C=O) groups is 6. The van der Waals surface area contributed by atoms with Crippen LogP contribution in [0.4, 0.5) is 0 Å². The minimum atomic E-state index is -0.601. The van der Waals surface area contributed by atoms with Crippen LogP contribution in [0.15, 0.2) is 132 Å². The normalized spacial score (nSPS) is 10.9. The fraction of sp³-hybridized carbons (Fsp3) is 0.135. The second-order valence-corrected chi connectivity index (χ2v) is 15.3. The zero-order valence-corrected chi connectivity index (χ0v) is 34.5. The maximum atomic E-state index is 13.3. The van der Waals surface area contributed by atoms with E-state index in [1.54, 1.807) is 121 Å². The van der Waals surface area contributed by atoms with Crippen LogP contribution in [-0.4, -0.2) is 44.8 Å². The molecular formula is C52H40N4O7. The molecule has 0 aliphatic rings. The number of H-pyrrole nitrogens is 1. The molecule has 1 heterocycles. The van der Waals surface area contributed by atoms with E-state index in [2.05, 4.69) is 16.0 Å². The molecule has 11 nitrogen and oxygen atoms in total. The molecule has 0 spiro atoms. The maximum absolute atomic E-state index is 13.3. The van der Waals surface area contributed by atoms with Gasteiger partial charge >= 0.3 is 0 Å². The number of nitriles is 1. The first kappa shape index (κ1) is 42.9. The highest BCUT2D eigenvalue weighted by molar-refractivity contribution is 6.03. The number of ketones is 5. The fourth-order valence-corrected chi connectivity index (χ4v) is 7.32. The van der Waals surface area contributed by atoms with Crippen molar-refractivity contribution in [3.63, 3.8) is 0 Å². The van der Waals surface area contributed by atoms with Crippen molar-refractivity contribution in [1.29, 1.82) is 5.26 Å². The van der Waals surface area contributed by atoms with Crippen LogP contribution in [0.3, 0.4) is 0 Å². The Bertz CT molecular complexity index is 3090. The summed E-state index contributed by atoms with van der Waals surface area (Å²) in [6.45, 7) is 3.44. The number of rotatable bonds is 16. The molecule has 0 radical (unpaired) electrons. The van der Waals surface area contributed by atoms with E-state index < -0.39 is 5.91 Å². The zero-order chi connectivity index (χ0) is 44.8. The van der Waals surface area contributed by atoms with Crippen LogP contribution in [0, 0.1) is 11.3 Å². The first-order valence-electron chi connectivity index (χ1n) is 20.2. The van der Waals surface area contributed by atoms with Gasteiger partial charge in [0.25, 0.3) is 5.56 Å². The van der Waals surface area contributed by atoms with Crippen LogP contribution in [0.5, 0.6) is 0 Å². The van der Waals surface area contributed by atoms with Crippen molar-refractivity contribution in [2.45, 2.75) is 46.0 Å². The predicted octanol–water partition coefficient (Wildman–Crippen LogP) is 8.03. The van der Waals surface area contributed by atoms with Crippen molar-refractivity contribution < 1.29 is 28.8 Å². The van der Waals surface area contributed by atoms with E-state index in [0.29, 0.717) is 77.9 Å². The van der Waals surface area contributed by atoms with Gasteiger partial charge in [-0.15, -0.1) is 0 Å². The fourth-order valence-electron chi connectivity index (χ4n) is 7.32. The number of aryl methyl sites for hydroxylation is 1. The van der Waals surface area contributed by atoms with E-state index in [-0.39, 0.29) is 65.7 Å². The van der Waals surface area contributed by atoms with Crippen molar-refractivity contribution >= 4 is 45.7 Å². The third kappa shape index (κ3) is 9.88. The number of primary amides is 1. The quantitative estimate of drug-likeness (QED) is 0.0906. The Balaban J connectivity index is 0.949. The smallest absolute Gasteiger partial charge is 0.259 e. The molecule has 7 aromatic rings. The lowest BCUT2D eigenvalue weighted by atomic mass is 9.93. The third-order valence-electron chi connectivity index (χ3n) is 11.0. The highest BCUT2D eigenvalue weighted by Gasteiger charge is 2.18. The first-order valence-corrected chi connectivity index (χ1v) is 20.2. The Morgan fingerprint density at radius 3 is 1.59 bits per heavy atom. The Hall–Kier alpha value is -8.23. The third-order valence-corrected chi connectivity index (χ3v) is 11.0. The van der Waals surface area contributed by atoms with E-state index in [1.807, 2.05) is 13.0 Å². The van der Waals surface area contributed by atoms with Crippen molar-refractivity contribution in [2.24, 2.45) is 5.73 Å². The number of amides is 1. The van der Waals surface area contributed by atoms with Gasteiger partial charge in [0, 0.05) is 64.6 Å². The maximum Gasteiger partial charge on any atom is 0.259 e. The molecular weight excluding hydrogens is 793 g/mol. The largest absolute Gasteiger partial charge is 0.366 e. The standard InChI is InChI=1S/C52H40N4O7/c1-3-31-4-8-41(43(23-31)50(54)62)28-49(61)38-17-13-35(14-18-38)46(58)25-32-5-7-40(42(22-32)29-53)27-48(60)37-15-11-36(12-16-37)47(59)26-33-6-21-45-44(24-33)52(63)56-51(55-45)39-19-9-34(10-20-39)30(2)57/h4-24H,3,25-28H2,1-2H3,(H2,54,62)(H,55,56,63). The van der Waals surface area contributed by atoms with Crippen molar-refractivity contribution in [3.05, 3.63) is 205 Å². The van der Waals surface area contributed by atoms with Gasteiger partial charge in [0.1, 0.15) is 5.82 Å². The van der Waals surface area contributed by atoms with Crippen LogP contribution < -0.4 is 11.3 Å². The van der Waals surface area contributed by atoms with Gasteiger partial charge in [-0.3, -0.25) is 33.6 Å². The molecule has 0 saturated heterocycles. The summed E-state index contributed by atoms with van der Waals surface area (Å²) in [5, 5.41) is 10.3. The van der Waals surface area contributed by atoms with Crippen LogP contribution in [0.25, 0.3) is 22.3 Å². The molecule has 1 aromatic heterocycles. The molecule has 1 amide bonds. The van der Waals surface area contributed by atoms with Crippen molar-refractivity contribution in [2.75, 3.05) is 0 Å². The SMILES string of the molecule is CCc1ccc(CC(=O)c2ccc(C(=O)Cc3ccc(CC(=O)c4ccc(C(=O)Cc5ccc6nc(-c7ccc(C(C)=O)cc7)[nH]c(=O)c6c5)cc4)c(C#N)c3)cc2)c(C(N)=O)c1. The summed E-state index contributed by atoms with van der Waals surface area (Å²) < 4.78 is 0. The predicted molar refractivity (Wildman–Crippen MR) is 238 cm³/mol. The second kappa shape index (κ2) is 18.6. The average molecular weight is 833 g/mol. The van der Waals surface area contributed by atoms with E-state index in [0.717, 1.165) is 12.0 Å². The number of nitrogens with one attached hydrogen (secondary N) is 1. The molecule has 7 rings (SSSR count). The van der Waals surface area contributed by atoms with Crippen LogP contribution in [0.1, 0.15) is 109 Å². The molecule has 0 unspecified atom stereocenters. The summed E-state index contributed by atoms with van der Waals surface area (Å²) in [6.07, 6.45) is 0.629. The topological polar surface area (TPSA) is 198 Å². The van der Waals surface area contributed by atoms with Crippen molar-refractivity contribution in [1.82, 2.24) is 9.97 Å². The monoisotopic (exact) mass is 832 g/mol. The van der Waals surface area contributed by atoms with Gasteiger partial charge in [0.15, 0.2) is 28.9 Å². The number of Topliss-reactive ketones (excluding diaryl/α,β-unsaturated/α-hetero) is 5. The summed E-state index contributed by atoms with van der Waals surface area (Å²) in [6, 6.07) is 36.8. The van der Waals surface area contributed by atoms with Gasteiger partial charge in [0.05, 0.1) is 22.5 Å². The lowest BCUT2D eigenvalue weighted by molar-refractivity contribution is 0.0977. The molecule has 0 fully saturated rings. The number of benzene rings is 6. The van der Waals surface area contributed by atoms with Crippen molar-refractivity contribution in [3.8, 4) is 17.5 Å². The van der Waals surface area contributed by atoms with Crippen LogP contribution in [-0.2, 0) is 32.1 Å². The Morgan fingerprint density at radius 2 is 1.06 bits per heavy atom. The lowest BCUT2D eigenvalue weighted by Crippen LogP contribution is -2.16. The molecule has 310 valence electrons. The Morgan fingerprint density at radius 1 is 0.587 bits per heavy atom. The van der Waals surface area contributed by atoms with E-state index in [9.17, 15) is 38.8 Å². The van der Waals surface area contributed by atoms with Gasteiger partial charge < -0.3 is 10.7 Å². The van der Waals surface area contributed by atoms with Gasteiger partial charge in [-0.2, -0.15) is 5.26 Å². The Labute approximate surface area is 362 Å². The molecule has 0 aliphatic heterocycles. The second-order valence-electron chi connectivity index (χ2n) is 15.3. The summed E-state index contributed by atoms with van der Waals surface area (Å²) in [5.41, 5.74) is 12.1. The minimum Gasteiger partial charge on any atom is -0.366 e. The van der Waals surface area contributed by atoms with Gasteiger partial charge in [-0.1, -0.05) is 110 Å². The highest BCUT2D eigenvalue weighted by atomic mass is 16.2. The number of hydrogen-bond donors (Lipinski definition) is 2. The van der Waals surface area contributed by atoms with E-state index in [4.69, 9.17) is 5.73 Å². The molecule has 6 aromatic carbocycles.